The lowest BCUT2D eigenvalue weighted by atomic mass is 9.87. The summed E-state index contributed by atoms with van der Waals surface area (Å²) in [5, 5.41) is 9.90. The van der Waals surface area contributed by atoms with Crippen LogP contribution in [0.1, 0.15) is 40.0 Å². The number of hydrogen-bond donors (Lipinski definition) is 1. The second-order valence-corrected chi connectivity index (χ2v) is 5.32. The largest absolute Gasteiger partial charge is 0.390 e. The molecular weight excluding hydrogens is 164 g/mol. The van der Waals surface area contributed by atoms with E-state index in [0.29, 0.717) is 17.6 Å². The first-order valence-electron chi connectivity index (χ1n) is 5.11. The molecule has 2 aliphatic rings. The maximum atomic E-state index is 11.4. The summed E-state index contributed by atoms with van der Waals surface area (Å²) in [4.78, 5) is 11.4. The van der Waals surface area contributed by atoms with E-state index in [1.807, 2.05) is 13.8 Å². The van der Waals surface area contributed by atoms with E-state index >= 15 is 0 Å². The van der Waals surface area contributed by atoms with Gasteiger partial charge >= 0.3 is 0 Å². The van der Waals surface area contributed by atoms with Crippen LogP contribution in [0.15, 0.2) is 0 Å². The third-order valence-corrected chi connectivity index (χ3v) is 4.13. The van der Waals surface area contributed by atoms with E-state index in [4.69, 9.17) is 0 Å². The van der Waals surface area contributed by atoms with Crippen molar-refractivity contribution in [3.05, 3.63) is 0 Å². The molecule has 2 heteroatoms. The third-order valence-electron chi connectivity index (χ3n) is 4.13. The fourth-order valence-corrected chi connectivity index (χ4v) is 3.19. The van der Waals surface area contributed by atoms with Crippen LogP contribution in [-0.2, 0) is 4.79 Å². The van der Waals surface area contributed by atoms with Gasteiger partial charge in [0.2, 0.25) is 0 Å². The molecule has 74 valence electrons. The summed E-state index contributed by atoms with van der Waals surface area (Å²) >= 11 is 0. The normalized spacial score (nSPS) is 43.1. The molecular formula is C11H18O2. The van der Waals surface area contributed by atoms with Crippen LogP contribution in [0, 0.1) is 17.3 Å². The summed E-state index contributed by atoms with van der Waals surface area (Å²) in [5.41, 5.74) is -0.608. The van der Waals surface area contributed by atoms with Crippen LogP contribution in [0.5, 0.6) is 0 Å². The van der Waals surface area contributed by atoms with Crippen LogP contribution in [-0.4, -0.2) is 16.5 Å². The van der Waals surface area contributed by atoms with Crippen molar-refractivity contribution < 1.29 is 9.90 Å². The molecule has 1 N–H and O–H groups in total. The van der Waals surface area contributed by atoms with Crippen molar-refractivity contribution in [1.29, 1.82) is 0 Å². The molecule has 2 saturated carbocycles. The molecule has 0 spiro atoms. The van der Waals surface area contributed by atoms with Gasteiger partial charge in [-0.2, -0.15) is 0 Å². The molecule has 13 heavy (non-hydrogen) atoms. The monoisotopic (exact) mass is 182 g/mol. The van der Waals surface area contributed by atoms with Crippen LogP contribution < -0.4 is 0 Å². The molecule has 2 fully saturated rings. The Morgan fingerprint density at radius 3 is 2.38 bits per heavy atom. The van der Waals surface area contributed by atoms with E-state index in [9.17, 15) is 9.90 Å². The summed E-state index contributed by atoms with van der Waals surface area (Å²) < 4.78 is 0. The lowest BCUT2D eigenvalue weighted by molar-refractivity contribution is -0.122. The molecule has 0 aromatic rings. The molecule has 2 rings (SSSR count). The Bertz CT molecular complexity index is 251. The molecule has 0 aromatic heterocycles. The summed E-state index contributed by atoms with van der Waals surface area (Å²) in [6.45, 7) is 5.44. The van der Waals surface area contributed by atoms with Crippen molar-refractivity contribution in [3.63, 3.8) is 0 Å². The van der Waals surface area contributed by atoms with Crippen LogP contribution in [0.4, 0.5) is 0 Å². The van der Waals surface area contributed by atoms with Gasteiger partial charge in [-0.05, 0) is 51.9 Å². The quantitative estimate of drug-likeness (QED) is 0.706. The Kier molecular flexibility index (Phi) is 1.66. The van der Waals surface area contributed by atoms with Crippen molar-refractivity contribution in [1.82, 2.24) is 0 Å². The third kappa shape index (κ3) is 1.15. The second kappa shape index (κ2) is 2.35. The van der Waals surface area contributed by atoms with Gasteiger partial charge in [-0.25, -0.2) is 0 Å². The Hall–Kier alpha value is -0.370. The molecule has 0 amide bonds. The second-order valence-electron chi connectivity index (χ2n) is 5.32. The first kappa shape index (κ1) is 9.20. The fourth-order valence-electron chi connectivity index (χ4n) is 3.19. The highest BCUT2D eigenvalue weighted by Crippen LogP contribution is 2.68. The van der Waals surface area contributed by atoms with Crippen LogP contribution in [0.2, 0.25) is 0 Å². The van der Waals surface area contributed by atoms with Crippen molar-refractivity contribution in [2.45, 2.75) is 45.6 Å². The average molecular weight is 182 g/mol. The Labute approximate surface area is 79.3 Å². The number of ketones is 1. The average Bonchev–Trinajstić information content (AvgIpc) is 2.56. The molecule has 0 heterocycles. The minimum absolute atomic E-state index is 0.00926. The number of carbonyl (C=O) groups is 1. The van der Waals surface area contributed by atoms with Gasteiger partial charge in [0.25, 0.3) is 0 Å². The number of rotatable bonds is 2. The molecule has 0 aliphatic heterocycles. The first-order valence-corrected chi connectivity index (χ1v) is 5.11. The smallest absolute Gasteiger partial charge is 0.136 e. The summed E-state index contributed by atoms with van der Waals surface area (Å²) in [6.07, 6.45) is 3.05. The topological polar surface area (TPSA) is 37.3 Å². The van der Waals surface area contributed by atoms with Crippen LogP contribution in [0.25, 0.3) is 0 Å². The van der Waals surface area contributed by atoms with Gasteiger partial charge in [0.15, 0.2) is 0 Å². The fraction of sp³-hybridized carbons (Fsp3) is 0.909. The highest BCUT2D eigenvalue weighted by Gasteiger charge is 2.66. The van der Waals surface area contributed by atoms with Gasteiger partial charge < -0.3 is 5.11 Å². The molecule has 3 unspecified atom stereocenters. The van der Waals surface area contributed by atoms with E-state index < -0.39 is 5.60 Å². The Morgan fingerprint density at radius 2 is 2.15 bits per heavy atom. The highest BCUT2D eigenvalue weighted by atomic mass is 16.3. The van der Waals surface area contributed by atoms with Gasteiger partial charge in [-0.15, -0.1) is 0 Å². The van der Waals surface area contributed by atoms with Crippen molar-refractivity contribution in [2.75, 3.05) is 0 Å². The first-order chi connectivity index (χ1) is 5.88. The number of Topliss-reactive ketones (excluding diaryl/α,β-unsaturated/α-hetero) is 1. The van der Waals surface area contributed by atoms with Gasteiger partial charge in [0.1, 0.15) is 5.78 Å². The zero-order valence-electron chi connectivity index (χ0n) is 8.63. The lowest BCUT2D eigenvalue weighted by Gasteiger charge is -2.26. The maximum Gasteiger partial charge on any atom is 0.136 e. The summed E-state index contributed by atoms with van der Waals surface area (Å²) in [5.74, 6) is 1.16. The van der Waals surface area contributed by atoms with E-state index in [0.717, 1.165) is 19.3 Å². The van der Waals surface area contributed by atoms with Crippen molar-refractivity contribution in [2.24, 2.45) is 17.3 Å². The summed E-state index contributed by atoms with van der Waals surface area (Å²) in [7, 11) is 0. The van der Waals surface area contributed by atoms with Gasteiger partial charge in [0.05, 0.1) is 5.60 Å². The predicted molar refractivity (Wildman–Crippen MR) is 50.2 cm³/mol. The number of hydrogen-bond acceptors (Lipinski definition) is 2. The SMILES string of the molecule is CC(=O)C12CCC(C(C)(C)O)C1C2. The maximum absolute atomic E-state index is 11.4. The molecule has 3 atom stereocenters. The minimum atomic E-state index is -0.599. The minimum Gasteiger partial charge on any atom is -0.390 e. The molecule has 0 bridgehead atoms. The molecule has 0 saturated heterocycles. The van der Waals surface area contributed by atoms with Crippen LogP contribution >= 0.6 is 0 Å². The number of carbonyl (C=O) groups excluding carboxylic acids is 1. The summed E-state index contributed by atoms with van der Waals surface area (Å²) in [6, 6.07) is 0. The Morgan fingerprint density at radius 1 is 1.54 bits per heavy atom. The standard InChI is InChI=1S/C11H18O2/c1-7(12)11-5-4-8(9(11)6-11)10(2,3)13/h8-9,13H,4-6H2,1-3H3. The van der Waals surface area contributed by atoms with Crippen molar-refractivity contribution in [3.8, 4) is 0 Å². The number of aliphatic hydroxyl groups is 1. The Balaban J connectivity index is 2.14. The molecule has 2 nitrogen and oxygen atoms in total. The molecule has 2 aliphatic carbocycles. The lowest BCUT2D eigenvalue weighted by Crippen LogP contribution is -2.31. The van der Waals surface area contributed by atoms with E-state index in [-0.39, 0.29) is 5.41 Å². The zero-order chi connectivity index (χ0) is 9.85. The molecule has 0 aromatic carbocycles. The van der Waals surface area contributed by atoms with Gasteiger partial charge in [0, 0.05) is 5.41 Å². The predicted octanol–water partition coefficient (Wildman–Crippen LogP) is 1.76. The van der Waals surface area contributed by atoms with Gasteiger partial charge in [-0.3, -0.25) is 4.79 Å². The van der Waals surface area contributed by atoms with E-state index in [1.165, 1.54) is 0 Å². The highest BCUT2D eigenvalue weighted by molar-refractivity contribution is 5.86. The van der Waals surface area contributed by atoms with E-state index in [1.54, 1.807) is 6.92 Å². The zero-order valence-corrected chi connectivity index (χ0v) is 8.63. The van der Waals surface area contributed by atoms with Crippen molar-refractivity contribution >= 4 is 5.78 Å². The number of fused-ring (bicyclic) bond motifs is 1. The molecule has 0 radical (unpaired) electrons. The van der Waals surface area contributed by atoms with E-state index in [2.05, 4.69) is 0 Å². The van der Waals surface area contributed by atoms with Gasteiger partial charge in [-0.1, -0.05) is 0 Å². The van der Waals surface area contributed by atoms with Crippen LogP contribution in [0.3, 0.4) is 0 Å².